The van der Waals surface area contributed by atoms with Gasteiger partial charge in [-0.25, -0.2) is 8.42 Å². The van der Waals surface area contributed by atoms with Crippen LogP contribution >= 0.6 is 12.4 Å². The quantitative estimate of drug-likeness (QED) is 0.853. The minimum absolute atomic E-state index is 0. The van der Waals surface area contributed by atoms with E-state index in [0.29, 0.717) is 31.1 Å². The predicted molar refractivity (Wildman–Crippen MR) is 105 cm³/mol. The maximum absolute atomic E-state index is 12.9. The zero-order chi connectivity index (χ0) is 18.0. The lowest BCUT2D eigenvalue weighted by Gasteiger charge is -2.34. The van der Waals surface area contributed by atoms with Crippen molar-refractivity contribution >= 4 is 39.1 Å². The summed E-state index contributed by atoms with van der Waals surface area (Å²) in [4.78, 5) is 14.0. The van der Waals surface area contributed by atoms with E-state index in [1.807, 2.05) is 30.3 Å². The van der Waals surface area contributed by atoms with Gasteiger partial charge in [0.1, 0.15) is 0 Å². The Balaban J connectivity index is 0.00000243. The number of rotatable bonds is 4. The Hall–Kier alpha value is -1.67. The summed E-state index contributed by atoms with van der Waals surface area (Å²) < 4.78 is 27.2. The number of piperazine rings is 1. The van der Waals surface area contributed by atoms with Crippen LogP contribution in [-0.4, -0.2) is 55.8 Å². The van der Waals surface area contributed by atoms with Gasteiger partial charge in [-0.1, -0.05) is 30.3 Å². The Labute approximate surface area is 160 Å². The van der Waals surface area contributed by atoms with Crippen molar-refractivity contribution < 1.29 is 13.2 Å². The highest BCUT2D eigenvalue weighted by molar-refractivity contribution is 7.89. The molecule has 1 aliphatic heterocycles. The molecule has 2 aromatic rings. The Kier molecular flexibility index (Phi) is 6.63. The van der Waals surface area contributed by atoms with E-state index in [2.05, 4.69) is 0 Å². The molecule has 0 saturated carbocycles. The molecule has 1 atom stereocenters. The molecule has 3 rings (SSSR count). The molecular weight excluding hydrogens is 374 g/mol. The van der Waals surface area contributed by atoms with Crippen molar-refractivity contribution in [3.8, 4) is 0 Å². The van der Waals surface area contributed by atoms with Gasteiger partial charge < -0.3 is 10.6 Å². The average Bonchev–Trinajstić information content (AvgIpc) is 2.61. The van der Waals surface area contributed by atoms with Gasteiger partial charge in [-0.15, -0.1) is 12.4 Å². The molecule has 1 aliphatic rings. The number of sulfonamides is 1. The number of halogens is 1. The Morgan fingerprint density at radius 2 is 1.69 bits per heavy atom. The first-order valence-electron chi connectivity index (χ1n) is 8.40. The lowest BCUT2D eigenvalue weighted by molar-refractivity contribution is -0.132. The molecule has 1 unspecified atom stereocenters. The second kappa shape index (κ2) is 8.35. The monoisotopic (exact) mass is 397 g/mol. The van der Waals surface area contributed by atoms with Crippen LogP contribution < -0.4 is 5.73 Å². The maximum Gasteiger partial charge on any atom is 0.243 e. The number of nitrogens with zero attached hydrogens (tertiary/aromatic N) is 2. The molecule has 1 heterocycles. The first-order valence-corrected chi connectivity index (χ1v) is 9.84. The summed E-state index contributed by atoms with van der Waals surface area (Å²) in [6, 6.07) is 12.7. The van der Waals surface area contributed by atoms with E-state index in [-0.39, 0.29) is 30.8 Å². The summed E-state index contributed by atoms with van der Waals surface area (Å²) in [5.41, 5.74) is 5.66. The number of carbonyl (C=O) groups excluding carboxylic acids is 1. The van der Waals surface area contributed by atoms with Crippen LogP contribution in [0.3, 0.4) is 0 Å². The second-order valence-electron chi connectivity index (χ2n) is 6.48. The largest absolute Gasteiger partial charge is 0.340 e. The first kappa shape index (κ1) is 20.6. The third kappa shape index (κ3) is 4.35. The minimum Gasteiger partial charge on any atom is -0.340 e. The van der Waals surface area contributed by atoms with Crippen LogP contribution in [0.4, 0.5) is 0 Å². The number of carbonyl (C=O) groups is 1. The van der Waals surface area contributed by atoms with Crippen LogP contribution in [0.15, 0.2) is 47.4 Å². The van der Waals surface area contributed by atoms with E-state index in [1.165, 1.54) is 4.31 Å². The van der Waals surface area contributed by atoms with Gasteiger partial charge in [0, 0.05) is 38.6 Å². The molecule has 0 radical (unpaired) electrons. The molecule has 1 amide bonds. The topological polar surface area (TPSA) is 83.7 Å². The highest BCUT2D eigenvalue weighted by Gasteiger charge is 2.30. The van der Waals surface area contributed by atoms with Crippen molar-refractivity contribution in [2.24, 2.45) is 5.73 Å². The summed E-state index contributed by atoms with van der Waals surface area (Å²) in [7, 11) is -3.56. The Bertz CT molecular complexity index is 878. The van der Waals surface area contributed by atoms with Gasteiger partial charge in [0.05, 0.1) is 4.90 Å². The van der Waals surface area contributed by atoms with Gasteiger partial charge in [0.25, 0.3) is 0 Å². The standard InChI is InChI=1S/C18H23N3O3S.ClH/c1-14(19)12-18(22)20-8-10-21(11-9-20)25(23,24)17-7-6-15-4-2-3-5-16(15)13-17;/h2-7,13-14H,8-12,19H2,1H3;1H. The summed E-state index contributed by atoms with van der Waals surface area (Å²) >= 11 is 0. The van der Waals surface area contributed by atoms with Crippen molar-refractivity contribution in [2.45, 2.75) is 24.3 Å². The summed E-state index contributed by atoms with van der Waals surface area (Å²) in [5, 5.41) is 1.90. The van der Waals surface area contributed by atoms with Gasteiger partial charge in [0.2, 0.25) is 15.9 Å². The minimum atomic E-state index is -3.56. The summed E-state index contributed by atoms with van der Waals surface area (Å²) in [6.07, 6.45) is 0.289. The molecule has 0 aliphatic carbocycles. The number of amides is 1. The van der Waals surface area contributed by atoms with Gasteiger partial charge in [-0.2, -0.15) is 4.31 Å². The summed E-state index contributed by atoms with van der Waals surface area (Å²) in [6.45, 7) is 3.20. The van der Waals surface area contributed by atoms with Gasteiger partial charge >= 0.3 is 0 Å². The van der Waals surface area contributed by atoms with Crippen molar-refractivity contribution in [2.75, 3.05) is 26.2 Å². The van der Waals surface area contributed by atoms with E-state index in [4.69, 9.17) is 5.73 Å². The molecule has 2 aromatic carbocycles. The smallest absolute Gasteiger partial charge is 0.243 e. The van der Waals surface area contributed by atoms with Gasteiger partial charge in [-0.05, 0) is 29.8 Å². The predicted octanol–water partition coefficient (Wildman–Crippen LogP) is 1.83. The molecule has 6 nitrogen and oxygen atoms in total. The molecule has 26 heavy (non-hydrogen) atoms. The molecule has 0 spiro atoms. The Morgan fingerprint density at radius 3 is 2.31 bits per heavy atom. The van der Waals surface area contributed by atoms with Crippen LogP contribution in [0, 0.1) is 0 Å². The van der Waals surface area contributed by atoms with E-state index < -0.39 is 10.0 Å². The molecular formula is C18H24ClN3O3S. The fraction of sp³-hybridized carbons (Fsp3) is 0.389. The third-order valence-electron chi connectivity index (χ3n) is 4.45. The van der Waals surface area contributed by atoms with Crippen LogP contribution in [0.5, 0.6) is 0 Å². The Morgan fingerprint density at radius 1 is 1.08 bits per heavy atom. The number of hydrogen-bond donors (Lipinski definition) is 1. The number of fused-ring (bicyclic) bond motifs is 1. The van der Waals surface area contributed by atoms with Crippen molar-refractivity contribution in [1.29, 1.82) is 0 Å². The normalized spacial score (nSPS) is 16.9. The van der Waals surface area contributed by atoms with Crippen molar-refractivity contribution in [3.63, 3.8) is 0 Å². The molecule has 2 N–H and O–H groups in total. The van der Waals surface area contributed by atoms with E-state index in [1.54, 1.807) is 24.0 Å². The molecule has 0 aromatic heterocycles. The highest BCUT2D eigenvalue weighted by atomic mass is 35.5. The van der Waals surface area contributed by atoms with Crippen LogP contribution in [0.1, 0.15) is 13.3 Å². The van der Waals surface area contributed by atoms with Crippen LogP contribution in [0.2, 0.25) is 0 Å². The van der Waals surface area contributed by atoms with Crippen LogP contribution in [-0.2, 0) is 14.8 Å². The third-order valence-corrected chi connectivity index (χ3v) is 6.34. The molecule has 1 saturated heterocycles. The van der Waals surface area contributed by atoms with Gasteiger partial charge in [-0.3, -0.25) is 4.79 Å². The highest BCUT2D eigenvalue weighted by Crippen LogP contribution is 2.23. The average molecular weight is 398 g/mol. The zero-order valence-electron chi connectivity index (χ0n) is 14.7. The van der Waals surface area contributed by atoms with Crippen molar-refractivity contribution in [1.82, 2.24) is 9.21 Å². The molecule has 1 fully saturated rings. The van der Waals surface area contributed by atoms with Crippen LogP contribution in [0.25, 0.3) is 10.8 Å². The van der Waals surface area contributed by atoms with E-state index in [9.17, 15) is 13.2 Å². The summed E-state index contributed by atoms with van der Waals surface area (Å²) in [5.74, 6) is -0.0160. The fourth-order valence-electron chi connectivity index (χ4n) is 3.06. The first-order chi connectivity index (χ1) is 11.9. The number of benzene rings is 2. The van der Waals surface area contributed by atoms with Gasteiger partial charge in [0.15, 0.2) is 0 Å². The fourth-order valence-corrected chi connectivity index (χ4v) is 4.52. The second-order valence-corrected chi connectivity index (χ2v) is 8.41. The SMILES string of the molecule is CC(N)CC(=O)N1CCN(S(=O)(=O)c2ccc3ccccc3c2)CC1.Cl. The molecule has 0 bridgehead atoms. The van der Waals surface area contributed by atoms with E-state index >= 15 is 0 Å². The number of hydrogen-bond acceptors (Lipinski definition) is 4. The molecule has 142 valence electrons. The van der Waals surface area contributed by atoms with Crippen molar-refractivity contribution in [3.05, 3.63) is 42.5 Å². The zero-order valence-corrected chi connectivity index (χ0v) is 16.3. The maximum atomic E-state index is 12.9. The van der Waals surface area contributed by atoms with E-state index in [0.717, 1.165) is 10.8 Å². The number of nitrogens with two attached hydrogens (primary N) is 1. The molecule has 8 heteroatoms. The lowest BCUT2D eigenvalue weighted by Crippen LogP contribution is -2.51. The lowest BCUT2D eigenvalue weighted by atomic mass is 10.1.